The lowest BCUT2D eigenvalue weighted by Gasteiger charge is -1.76. The van der Waals surface area contributed by atoms with E-state index in [-0.39, 0.29) is 5.56 Å². The zero-order chi connectivity index (χ0) is 9.52. The first-order valence-electron chi connectivity index (χ1n) is 3.71. The molecule has 0 radical (unpaired) electrons. The molecule has 0 aliphatic carbocycles. The molecule has 6 nitrogen and oxygen atoms in total. The van der Waals surface area contributed by atoms with Crippen LogP contribution in [-0.2, 0) is 4.84 Å². The zero-order valence-corrected chi connectivity index (χ0v) is 6.82. The standard InChI is InChI=1S/C4H4N2O2.C3H5NO/c7-3-1-2-5-4(8)6-3;1-2-4-5-3-1/h1-2H,(H2,5,6,7,8);2H,1,3H2. The molecule has 1 aromatic rings. The maximum Gasteiger partial charge on any atom is 0.325 e. The van der Waals surface area contributed by atoms with Crippen LogP contribution in [0, 0.1) is 0 Å². The Labute approximate surface area is 73.3 Å². The summed E-state index contributed by atoms with van der Waals surface area (Å²) in [7, 11) is 0. The lowest BCUT2D eigenvalue weighted by molar-refractivity contribution is 0.174. The van der Waals surface area contributed by atoms with E-state index in [1.807, 2.05) is 4.98 Å². The summed E-state index contributed by atoms with van der Waals surface area (Å²) in [6.45, 7) is 0.778. The molecule has 1 aromatic heterocycles. The molecule has 0 saturated heterocycles. The molecule has 0 fully saturated rings. The van der Waals surface area contributed by atoms with Crippen molar-refractivity contribution >= 4 is 6.21 Å². The second kappa shape index (κ2) is 4.91. The maximum atomic E-state index is 10.2. The van der Waals surface area contributed by atoms with Crippen LogP contribution in [0.4, 0.5) is 0 Å². The van der Waals surface area contributed by atoms with Crippen molar-refractivity contribution in [3.8, 4) is 0 Å². The minimum Gasteiger partial charge on any atom is -0.396 e. The Kier molecular flexibility index (Phi) is 3.49. The number of oxime groups is 1. The molecule has 0 bridgehead atoms. The average Bonchev–Trinajstić information content (AvgIpc) is 2.59. The summed E-state index contributed by atoms with van der Waals surface area (Å²) in [6, 6.07) is 1.24. The SMILES string of the molecule is C1=NOCC1.O=c1cc[nH]c(=O)[nH]1. The second-order valence-corrected chi connectivity index (χ2v) is 2.21. The molecule has 0 atom stereocenters. The smallest absolute Gasteiger partial charge is 0.325 e. The van der Waals surface area contributed by atoms with Crippen molar-refractivity contribution in [2.24, 2.45) is 5.16 Å². The summed E-state index contributed by atoms with van der Waals surface area (Å²) in [5.74, 6) is 0. The molecule has 0 amide bonds. The van der Waals surface area contributed by atoms with E-state index >= 15 is 0 Å². The van der Waals surface area contributed by atoms with Gasteiger partial charge in [-0.2, -0.15) is 0 Å². The van der Waals surface area contributed by atoms with E-state index in [0.29, 0.717) is 0 Å². The fourth-order valence-electron chi connectivity index (χ4n) is 0.646. The number of hydrogen-bond donors (Lipinski definition) is 2. The Hall–Kier alpha value is -1.85. The third-order valence-corrected chi connectivity index (χ3v) is 1.17. The highest BCUT2D eigenvalue weighted by Crippen LogP contribution is 1.86. The predicted octanol–water partition coefficient (Wildman–Crippen LogP) is -0.544. The average molecular weight is 183 g/mol. The fraction of sp³-hybridized carbons (Fsp3) is 0.286. The minimum atomic E-state index is -0.475. The first-order chi connectivity index (χ1) is 6.29. The van der Waals surface area contributed by atoms with Crippen LogP contribution >= 0.6 is 0 Å². The summed E-state index contributed by atoms with van der Waals surface area (Å²) in [4.78, 5) is 29.2. The third-order valence-electron chi connectivity index (χ3n) is 1.17. The number of aromatic nitrogens is 2. The Morgan fingerprint density at radius 3 is 2.62 bits per heavy atom. The molecule has 0 unspecified atom stereocenters. The van der Waals surface area contributed by atoms with Crippen LogP contribution in [0.15, 0.2) is 27.0 Å². The van der Waals surface area contributed by atoms with Crippen molar-refractivity contribution in [3.63, 3.8) is 0 Å². The van der Waals surface area contributed by atoms with Crippen LogP contribution in [0.2, 0.25) is 0 Å². The van der Waals surface area contributed by atoms with Gasteiger partial charge in [-0.1, -0.05) is 5.16 Å². The fourth-order valence-corrected chi connectivity index (χ4v) is 0.646. The summed E-state index contributed by atoms with van der Waals surface area (Å²) in [6.07, 6.45) is 4.04. The number of nitrogens with zero attached hydrogens (tertiary/aromatic N) is 1. The molecule has 0 saturated carbocycles. The number of nitrogens with one attached hydrogen (secondary N) is 2. The van der Waals surface area contributed by atoms with Crippen molar-refractivity contribution < 1.29 is 4.84 Å². The molecule has 2 rings (SSSR count). The number of H-pyrrole nitrogens is 2. The molecule has 1 aliphatic heterocycles. The van der Waals surface area contributed by atoms with Gasteiger partial charge in [-0.25, -0.2) is 4.79 Å². The van der Waals surface area contributed by atoms with Crippen LogP contribution < -0.4 is 11.2 Å². The van der Waals surface area contributed by atoms with Gasteiger partial charge in [0, 0.05) is 24.9 Å². The van der Waals surface area contributed by atoms with Gasteiger partial charge >= 0.3 is 5.69 Å². The molecule has 13 heavy (non-hydrogen) atoms. The predicted molar refractivity (Wildman–Crippen MR) is 46.7 cm³/mol. The normalized spacial score (nSPS) is 12.9. The summed E-state index contributed by atoms with van der Waals surface area (Å²) in [5.41, 5.74) is -0.855. The van der Waals surface area contributed by atoms with E-state index in [2.05, 4.69) is 15.0 Å². The van der Waals surface area contributed by atoms with Gasteiger partial charge in [0.2, 0.25) is 0 Å². The molecule has 1 aliphatic rings. The van der Waals surface area contributed by atoms with Crippen molar-refractivity contribution in [2.75, 3.05) is 6.61 Å². The van der Waals surface area contributed by atoms with Gasteiger partial charge in [-0.15, -0.1) is 0 Å². The van der Waals surface area contributed by atoms with E-state index in [1.54, 1.807) is 6.21 Å². The molecule has 6 heteroatoms. The Bertz CT molecular complexity index is 348. The topological polar surface area (TPSA) is 87.3 Å². The van der Waals surface area contributed by atoms with Gasteiger partial charge in [0.05, 0.1) is 0 Å². The summed E-state index contributed by atoms with van der Waals surface area (Å²) in [5, 5.41) is 3.46. The maximum absolute atomic E-state index is 10.2. The van der Waals surface area contributed by atoms with Gasteiger partial charge in [-0.3, -0.25) is 9.78 Å². The van der Waals surface area contributed by atoms with E-state index < -0.39 is 5.69 Å². The van der Waals surface area contributed by atoms with Crippen molar-refractivity contribution in [1.82, 2.24) is 9.97 Å². The third kappa shape index (κ3) is 3.90. The van der Waals surface area contributed by atoms with Gasteiger partial charge in [0.25, 0.3) is 5.56 Å². The van der Waals surface area contributed by atoms with E-state index in [0.717, 1.165) is 13.0 Å². The Morgan fingerprint density at radius 2 is 2.31 bits per heavy atom. The summed E-state index contributed by atoms with van der Waals surface area (Å²) < 4.78 is 0. The highest BCUT2D eigenvalue weighted by molar-refractivity contribution is 5.57. The largest absolute Gasteiger partial charge is 0.396 e. The van der Waals surface area contributed by atoms with Gasteiger partial charge in [0.1, 0.15) is 6.61 Å². The highest BCUT2D eigenvalue weighted by atomic mass is 16.6. The van der Waals surface area contributed by atoms with Crippen LogP contribution in [0.3, 0.4) is 0 Å². The van der Waals surface area contributed by atoms with Crippen molar-refractivity contribution in [2.45, 2.75) is 6.42 Å². The molecule has 0 aromatic carbocycles. The Morgan fingerprint density at radius 1 is 1.46 bits per heavy atom. The van der Waals surface area contributed by atoms with E-state index in [1.165, 1.54) is 12.3 Å². The zero-order valence-electron chi connectivity index (χ0n) is 6.82. The van der Waals surface area contributed by atoms with Gasteiger partial charge < -0.3 is 9.82 Å². The monoisotopic (exact) mass is 183 g/mol. The second-order valence-electron chi connectivity index (χ2n) is 2.21. The molecular weight excluding hydrogens is 174 g/mol. The lowest BCUT2D eigenvalue weighted by Crippen LogP contribution is -2.19. The van der Waals surface area contributed by atoms with Crippen LogP contribution in [0.1, 0.15) is 6.42 Å². The summed E-state index contributed by atoms with van der Waals surface area (Å²) >= 11 is 0. The van der Waals surface area contributed by atoms with Crippen molar-refractivity contribution in [1.29, 1.82) is 0 Å². The van der Waals surface area contributed by atoms with E-state index in [4.69, 9.17) is 0 Å². The van der Waals surface area contributed by atoms with Crippen LogP contribution in [0.25, 0.3) is 0 Å². The van der Waals surface area contributed by atoms with Gasteiger partial charge in [-0.05, 0) is 0 Å². The van der Waals surface area contributed by atoms with E-state index in [9.17, 15) is 9.59 Å². The molecular formula is C7H9N3O3. The van der Waals surface area contributed by atoms with Gasteiger partial charge in [0.15, 0.2) is 0 Å². The molecule has 2 N–H and O–H groups in total. The molecule has 70 valence electrons. The minimum absolute atomic E-state index is 0.381. The van der Waals surface area contributed by atoms with Crippen LogP contribution in [0.5, 0.6) is 0 Å². The lowest BCUT2D eigenvalue weighted by atomic mass is 10.5. The quantitative estimate of drug-likeness (QED) is 0.566. The van der Waals surface area contributed by atoms with Crippen LogP contribution in [-0.4, -0.2) is 22.8 Å². The first-order valence-corrected chi connectivity index (χ1v) is 3.71. The first kappa shape index (κ1) is 9.24. The van der Waals surface area contributed by atoms with Crippen molar-refractivity contribution in [3.05, 3.63) is 33.1 Å². The Balaban J connectivity index is 0.000000145. The number of rotatable bonds is 0. The number of aromatic amines is 2. The highest BCUT2D eigenvalue weighted by Gasteiger charge is 1.86. The number of hydrogen-bond acceptors (Lipinski definition) is 4. The molecule has 0 spiro atoms. The molecule has 2 heterocycles.